The van der Waals surface area contributed by atoms with E-state index in [1.807, 2.05) is 11.0 Å². The van der Waals surface area contributed by atoms with Gasteiger partial charge in [-0.05, 0) is 41.8 Å². The highest BCUT2D eigenvalue weighted by Gasteiger charge is 2.29. The number of alkyl halides is 1. The number of sulfone groups is 1. The number of likely N-dealkylation sites (N-methyl/N-ethyl adjacent to an activating group) is 1. The van der Waals surface area contributed by atoms with E-state index in [4.69, 9.17) is 9.84 Å². The zero-order valence-corrected chi connectivity index (χ0v) is 20.0. The second-order valence-electron chi connectivity index (χ2n) is 8.51. The van der Waals surface area contributed by atoms with Crippen LogP contribution in [-0.2, 0) is 25.8 Å². The molecule has 0 aliphatic carbocycles. The van der Waals surface area contributed by atoms with Crippen molar-refractivity contribution in [2.24, 2.45) is 0 Å². The fraction of sp³-hybridized carbons (Fsp3) is 0.417. The Morgan fingerprint density at radius 2 is 1.94 bits per heavy atom. The Hall–Kier alpha value is -2.98. The molecule has 0 saturated carbocycles. The number of carbonyl (C=O) groups is 2. The van der Waals surface area contributed by atoms with E-state index in [-0.39, 0.29) is 17.2 Å². The van der Waals surface area contributed by atoms with Crippen molar-refractivity contribution in [3.05, 3.63) is 59.7 Å². The van der Waals surface area contributed by atoms with Crippen LogP contribution in [0.1, 0.15) is 23.6 Å². The van der Waals surface area contributed by atoms with E-state index in [9.17, 15) is 22.4 Å². The highest BCUT2D eigenvalue weighted by molar-refractivity contribution is 7.90. The molecule has 1 saturated heterocycles. The maximum absolute atomic E-state index is 13.8. The van der Waals surface area contributed by atoms with Crippen LogP contribution in [0.25, 0.3) is 0 Å². The summed E-state index contributed by atoms with van der Waals surface area (Å²) in [6, 6.07) is 12.7. The number of halogens is 1. The van der Waals surface area contributed by atoms with Crippen molar-refractivity contribution in [2.45, 2.75) is 30.0 Å². The van der Waals surface area contributed by atoms with Gasteiger partial charge < -0.3 is 14.7 Å². The lowest BCUT2D eigenvalue weighted by Crippen LogP contribution is -2.39. The average Bonchev–Trinajstić information content (AvgIpc) is 3.20. The minimum absolute atomic E-state index is 0.0674. The van der Waals surface area contributed by atoms with Gasteiger partial charge in [0.25, 0.3) is 0 Å². The van der Waals surface area contributed by atoms with Gasteiger partial charge in [-0.3, -0.25) is 9.69 Å². The predicted molar refractivity (Wildman–Crippen MR) is 124 cm³/mol. The summed E-state index contributed by atoms with van der Waals surface area (Å²) >= 11 is 0. The largest absolute Gasteiger partial charge is 0.482 e. The molecule has 1 aliphatic heterocycles. The summed E-state index contributed by atoms with van der Waals surface area (Å²) in [5, 5.41) is 8.88. The van der Waals surface area contributed by atoms with Gasteiger partial charge in [-0.25, -0.2) is 17.6 Å². The van der Waals surface area contributed by atoms with Gasteiger partial charge in [0.2, 0.25) is 5.91 Å². The van der Waals surface area contributed by atoms with Crippen molar-refractivity contribution in [1.82, 2.24) is 9.80 Å². The van der Waals surface area contributed by atoms with Crippen LogP contribution < -0.4 is 4.74 Å². The van der Waals surface area contributed by atoms with Crippen LogP contribution in [-0.4, -0.2) is 80.9 Å². The molecule has 8 nitrogen and oxygen atoms in total. The number of amides is 1. The molecular weight excluding hydrogens is 463 g/mol. The summed E-state index contributed by atoms with van der Waals surface area (Å²) < 4.78 is 42.4. The number of rotatable bonds is 10. The first-order valence-corrected chi connectivity index (χ1v) is 12.8. The molecule has 0 bridgehead atoms. The summed E-state index contributed by atoms with van der Waals surface area (Å²) in [5.41, 5.74) is 1.42. The number of hydrogen-bond donors (Lipinski definition) is 1. The highest BCUT2D eigenvalue weighted by Crippen LogP contribution is 2.27. The molecule has 1 fully saturated rings. The highest BCUT2D eigenvalue weighted by atomic mass is 32.2. The monoisotopic (exact) mass is 492 g/mol. The van der Waals surface area contributed by atoms with Gasteiger partial charge >= 0.3 is 5.97 Å². The molecule has 2 aromatic rings. The maximum Gasteiger partial charge on any atom is 0.341 e. The van der Waals surface area contributed by atoms with E-state index in [1.165, 1.54) is 12.1 Å². The molecule has 0 aromatic heterocycles. The average molecular weight is 493 g/mol. The summed E-state index contributed by atoms with van der Waals surface area (Å²) in [6.07, 6.45) is 0.733. The topological polar surface area (TPSA) is 104 Å². The Balaban J connectivity index is 1.80. The predicted octanol–water partition coefficient (Wildman–Crippen LogP) is 2.34. The molecule has 1 amide bonds. The molecule has 34 heavy (non-hydrogen) atoms. The van der Waals surface area contributed by atoms with Gasteiger partial charge in [0.1, 0.15) is 11.9 Å². The van der Waals surface area contributed by atoms with Crippen LogP contribution in [0.4, 0.5) is 4.39 Å². The van der Waals surface area contributed by atoms with Crippen LogP contribution in [0.2, 0.25) is 0 Å². The van der Waals surface area contributed by atoms with Gasteiger partial charge in [0.05, 0.1) is 17.4 Å². The zero-order valence-electron chi connectivity index (χ0n) is 19.2. The van der Waals surface area contributed by atoms with Crippen molar-refractivity contribution in [3.63, 3.8) is 0 Å². The Kier molecular flexibility index (Phi) is 8.27. The van der Waals surface area contributed by atoms with Gasteiger partial charge in [0.15, 0.2) is 16.4 Å². The fourth-order valence-electron chi connectivity index (χ4n) is 3.93. The number of carbonyl (C=O) groups excluding carboxylic acids is 1. The Morgan fingerprint density at radius 1 is 1.24 bits per heavy atom. The Bertz CT molecular complexity index is 1120. The molecule has 10 heteroatoms. The number of likely N-dealkylation sites (tertiary alicyclic amines) is 1. The van der Waals surface area contributed by atoms with Gasteiger partial charge in [-0.15, -0.1) is 0 Å². The van der Waals surface area contributed by atoms with E-state index in [0.29, 0.717) is 37.4 Å². The molecule has 2 aromatic carbocycles. The van der Waals surface area contributed by atoms with E-state index >= 15 is 0 Å². The summed E-state index contributed by atoms with van der Waals surface area (Å²) in [7, 11) is -1.65. The third-order valence-corrected chi connectivity index (χ3v) is 6.95. The molecule has 1 heterocycles. The summed E-state index contributed by atoms with van der Waals surface area (Å²) in [6.45, 7) is 0.808. The van der Waals surface area contributed by atoms with Crippen molar-refractivity contribution >= 4 is 21.7 Å². The van der Waals surface area contributed by atoms with Crippen LogP contribution >= 0.6 is 0 Å². The van der Waals surface area contributed by atoms with Gasteiger partial charge in [0, 0.05) is 32.9 Å². The third kappa shape index (κ3) is 7.01. The second-order valence-corrected chi connectivity index (χ2v) is 10.5. The van der Waals surface area contributed by atoms with Crippen molar-refractivity contribution in [1.29, 1.82) is 0 Å². The number of carboxylic acid groups (broad SMARTS) is 1. The fourth-order valence-corrected chi connectivity index (χ4v) is 4.56. The Morgan fingerprint density at radius 3 is 2.53 bits per heavy atom. The number of nitrogens with zero attached hydrogens (tertiary/aromatic N) is 2. The molecule has 3 rings (SSSR count). The van der Waals surface area contributed by atoms with Crippen LogP contribution in [0.15, 0.2) is 53.4 Å². The first-order valence-electron chi connectivity index (χ1n) is 10.9. The molecule has 1 N–H and O–H groups in total. The smallest absolute Gasteiger partial charge is 0.341 e. The molecule has 184 valence electrons. The van der Waals surface area contributed by atoms with Gasteiger partial charge in [-0.1, -0.05) is 24.3 Å². The second kappa shape index (κ2) is 11.0. The number of ether oxygens (including phenoxy) is 1. The standard InChI is InChI=1S/C24H29FN2O6S/c1-26(23(28)12-17-6-8-21(9-7-17)34(2,31)32)22(15-27-11-10-19(25)14-27)18-4-3-5-20(13-18)33-16-24(29)30/h3-9,13,19,22H,10-12,14-16H2,1-2H3,(H,29,30). The van der Waals surface area contributed by atoms with Crippen LogP contribution in [0.5, 0.6) is 5.75 Å². The lowest BCUT2D eigenvalue weighted by molar-refractivity contribution is -0.139. The van der Waals surface area contributed by atoms with E-state index in [1.54, 1.807) is 42.3 Å². The van der Waals surface area contributed by atoms with E-state index < -0.39 is 34.6 Å². The number of hydrogen-bond acceptors (Lipinski definition) is 6. The molecular formula is C24H29FN2O6S. The lowest BCUT2D eigenvalue weighted by atomic mass is 10.0. The summed E-state index contributed by atoms with van der Waals surface area (Å²) in [5.74, 6) is -0.918. The first-order chi connectivity index (χ1) is 16.0. The lowest BCUT2D eigenvalue weighted by Gasteiger charge is -2.32. The van der Waals surface area contributed by atoms with Crippen molar-refractivity contribution in [3.8, 4) is 5.75 Å². The minimum Gasteiger partial charge on any atom is -0.482 e. The molecule has 0 radical (unpaired) electrons. The third-order valence-electron chi connectivity index (χ3n) is 5.82. The maximum atomic E-state index is 13.8. The van der Waals surface area contributed by atoms with Crippen molar-refractivity contribution in [2.75, 3.05) is 39.5 Å². The summed E-state index contributed by atoms with van der Waals surface area (Å²) in [4.78, 5) is 27.7. The first kappa shape index (κ1) is 25.6. The zero-order chi connectivity index (χ0) is 24.9. The molecule has 2 unspecified atom stereocenters. The molecule has 2 atom stereocenters. The normalized spacial score (nSPS) is 17.3. The Labute approximate surface area is 198 Å². The quantitative estimate of drug-likeness (QED) is 0.543. The number of carboxylic acids is 1. The van der Waals surface area contributed by atoms with E-state index in [0.717, 1.165) is 11.8 Å². The van der Waals surface area contributed by atoms with Crippen LogP contribution in [0.3, 0.4) is 0 Å². The molecule has 0 spiro atoms. The number of benzene rings is 2. The minimum atomic E-state index is -3.33. The van der Waals surface area contributed by atoms with Crippen molar-refractivity contribution < 1.29 is 32.2 Å². The SMILES string of the molecule is CN(C(=O)Cc1ccc(S(C)(=O)=O)cc1)C(CN1CCC(F)C1)c1cccc(OCC(=O)O)c1. The van der Waals surface area contributed by atoms with E-state index in [2.05, 4.69) is 0 Å². The molecule has 1 aliphatic rings. The van der Waals surface area contributed by atoms with Crippen LogP contribution in [0, 0.1) is 0 Å². The number of aliphatic carboxylic acids is 1. The van der Waals surface area contributed by atoms with Gasteiger partial charge in [-0.2, -0.15) is 0 Å².